The molecule has 0 aliphatic heterocycles. The molecule has 1 spiro atoms. The maximum Gasteiger partial charge on any atom is 0.334 e. The first-order chi connectivity index (χ1) is 19.1. The van der Waals surface area contributed by atoms with Gasteiger partial charge in [-0.1, -0.05) is 71.6 Å². The summed E-state index contributed by atoms with van der Waals surface area (Å²) in [5.41, 5.74) is -5.23. The molecule has 2 unspecified atom stereocenters. The van der Waals surface area contributed by atoms with E-state index in [4.69, 9.17) is 9.47 Å². The molecule has 0 radical (unpaired) electrons. The highest BCUT2D eigenvalue weighted by atomic mass is 16.6. The molecule has 1 fully saturated rings. The molecule has 0 aromatic carbocycles. The average molecular weight is 575 g/mol. The van der Waals surface area contributed by atoms with Crippen molar-refractivity contribution in [2.24, 2.45) is 22.7 Å². The fraction of sp³-hybridized carbons (Fsp3) is 0.727. The lowest BCUT2D eigenvalue weighted by molar-refractivity contribution is -0.202. The van der Waals surface area contributed by atoms with Crippen LogP contribution in [0.15, 0.2) is 34.9 Å². The number of allylic oxidation sites excluding steroid dienone is 2. The van der Waals surface area contributed by atoms with Gasteiger partial charge in [-0.05, 0) is 57.6 Å². The SMILES string of the molecule is C/C=C(/C)C(=O)O[C@H]1C(C)=C[C@]23C(=O)C(C=C(CO)[C@@H](O)C12O)C(C)(C)[C@](C)(OC(=O)CCCCCCC)C[C@H]3C. The second kappa shape index (κ2) is 12.1. The van der Waals surface area contributed by atoms with Crippen LogP contribution in [0.25, 0.3) is 0 Å². The van der Waals surface area contributed by atoms with Crippen LogP contribution in [0.2, 0.25) is 0 Å². The molecular weight excluding hydrogens is 524 g/mol. The molecule has 0 amide bonds. The topological polar surface area (TPSA) is 130 Å². The van der Waals surface area contributed by atoms with Crippen molar-refractivity contribution < 1.29 is 39.2 Å². The second-order valence-electron chi connectivity index (χ2n) is 13.2. The summed E-state index contributed by atoms with van der Waals surface area (Å²) in [6.07, 6.45) is 7.17. The Kier molecular flexibility index (Phi) is 9.83. The quantitative estimate of drug-likeness (QED) is 0.148. The summed E-state index contributed by atoms with van der Waals surface area (Å²) < 4.78 is 12.0. The summed E-state index contributed by atoms with van der Waals surface area (Å²) in [4.78, 5) is 40.8. The lowest BCUT2D eigenvalue weighted by Crippen LogP contribution is -2.65. The van der Waals surface area contributed by atoms with Crippen LogP contribution in [0.3, 0.4) is 0 Å². The molecule has 3 aliphatic carbocycles. The van der Waals surface area contributed by atoms with Gasteiger partial charge in [-0.15, -0.1) is 0 Å². The van der Waals surface area contributed by atoms with Crippen molar-refractivity contribution >= 4 is 17.7 Å². The molecule has 230 valence electrons. The van der Waals surface area contributed by atoms with E-state index in [9.17, 15) is 29.7 Å². The maximum absolute atomic E-state index is 14.8. The van der Waals surface area contributed by atoms with Gasteiger partial charge in [0.05, 0.1) is 12.0 Å². The number of ether oxygens (including phenoxy) is 2. The number of aliphatic hydroxyl groups is 3. The molecule has 3 N–H and O–H groups in total. The number of unbranched alkanes of at least 4 members (excludes halogenated alkanes) is 4. The minimum absolute atomic E-state index is 0.0615. The molecule has 7 atom stereocenters. The van der Waals surface area contributed by atoms with E-state index in [1.54, 1.807) is 39.8 Å². The fourth-order valence-electron chi connectivity index (χ4n) is 7.31. The zero-order valence-electron chi connectivity index (χ0n) is 26.1. The summed E-state index contributed by atoms with van der Waals surface area (Å²) in [5, 5.41) is 34.6. The van der Waals surface area contributed by atoms with E-state index >= 15 is 0 Å². The monoisotopic (exact) mass is 574 g/mol. The normalized spacial score (nSPS) is 36.5. The predicted molar refractivity (Wildman–Crippen MR) is 156 cm³/mol. The fourth-order valence-corrected chi connectivity index (χ4v) is 7.31. The van der Waals surface area contributed by atoms with Crippen LogP contribution in [-0.2, 0) is 23.9 Å². The Labute approximate surface area is 244 Å². The van der Waals surface area contributed by atoms with Crippen molar-refractivity contribution in [2.75, 3.05) is 6.61 Å². The number of hydrogen-bond donors (Lipinski definition) is 3. The van der Waals surface area contributed by atoms with Gasteiger partial charge in [0, 0.05) is 23.3 Å². The van der Waals surface area contributed by atoms with Crippen molar-refractivity contribution in [1.82, 2.24) is 0 Å². The van der Waals surface area contributed by atoms with Crippen LogP contribution in [0, 0.1) is 22.7 Å². The number of carbonyl (C=O) groups is 3. The van der Waals surface area contributed by atoms with Crippen LogP contribution in [0.1, 0.15) is 100 Å². The van der Waals surface area contributed by atoms with Gasteiger partial charge >= 0.3 is 11.9 Å². The number of Topliss-reactive ketones (excluding diaryl/α,β-unsaturated/α-hetero) is 1. The number of hydrogen-bond acceptors (Lipinski definition) is 8. The first kappa shape index (κ1) is 33.2. The van der Waals surface area contributed by atoms with Crippen LogP contribution in [0.5, 0.6) is 0 Å². The third kappa shape index (κ3) is 5.25. The third-order valence-electron chi connectivity index (χ3n) is 10.4. The highest BCUT2D eigenvalue weighted by molar-refractivity contribution is 5.96. The minimum Gasteiger partial charge on any atom is -0.459 e. The Morgan fingerprint density at radius 1 is 1.15 bits per heavy atom. The number of aliphatic hydroxyl groups excluding tert-OH is 2. The first-order valence-electron chi connectivity index (χ1n) is 15.1. The summed E-state index contributed by atoms with van der Waals surface area (Å²) in [6.45, 7) is 13.8. The Bertz CT molecular complexity index is 1130. The van der Waals surface area contributed by atoms with Gasteiger partial charge in [-0.25, -0.2) is 4.79 Å². The molecule has 8 nitrogen and oxygen atoms in total. The first-order valence-corrected chi connectivity index (χ1v) is 15.1. The van der Waals surface area contributed by atoms with Gasteiger partial charge < -0.3 is 24.8 Å². The minimum atomic E-state index is -2.29. The van der Waals surface area contributed by atoms with Crippen LogP contribution >= 0.6 is 0 Å². The molecule has 2 bridgehead atoms. The van der Waals surface area contributed by atoms with E-state index < -0.39 is 58.7 Å². The van der Waals surface area contributed by atoms with Crippen molar-refractivity contribution in [3.8, 4) is 0 Å². The number of esters is 2. The zero-order chi connectivity index (χ0) is 31.0. The Morgan fingerprint density at radius 3 is 2.37 bits per heavy atom. The predicted octanol–water partition coefficient (Wildman–Crippen LogP) is 4.75. The Hall–Kier alpha value is -2.29. The standard InChI is InChI=1S/C33H50O8/c1-9-11-12-13-14-15-25(35)41-31(8)18-22(5)32-17-21(4)28(40-29(38)20(3)10-2)33(32,39)26(36)23(19-34)16-24(27(32)37)30(31,6)7/h10,16-17,22,24,26,28,34,36,39H,9,11-15,18-19H2,1-8H3/b20-10-/t22-,24?,26-,28+,31-,32+,33?/m1/s1. The van der Waals surface area contributed by atoms with Crippen LogP contribution in [0.4, 0.5) is 0 Å². The third-order valence-corrected chi connectivity index (χ3v) is 10.4. The molecule has 0 saturated heterocycles. The van der Waals surface area contributed by atoms with E-state index in [0.29, 0.717) is 11.1 Å². The smallest absolute Gasteiger partial charge is 0.334 e. The molecule has 3 aliphatic rings. The van der Waals surface area contributed by atoms with E-state index in [1.165, 1.54) is 6.08 Å². The van der Waals surface area contributed by atoms with E-state index in [-0.39, 0.29) is 30.2 Å². The highest BCUT2D eigenvalue weighted by Gasteiger charge is 2.74. The van der Waals surface area contributed by atoms with Gasteiger partial charge in [0.1, 0.15) is 11.7 Å². The maximum atomic E-state index is 14.8. The van der Waals surface area contributed by atoms with E-state index in [2.05, 4.69) is 6.92 Å². The van der Waals surface area contributed by atoms with Crippen LogP contribution in [-0.4, -0.2) is 63.1 Å². The lowest BCUT2D eigenvalue weighted by Gasteiger charge is -2.49. The lowest BCUT2D eigenvalue weighted by atomic mass is 9.59. The molecule has 0 aromatic rings. The Morgan fingerprint density at radius 2 is 1.78 bits per heavy atom. The van der Waals surface area contributed by atoms with Crippen molar-refractivity contribution in [3.05, 3.63) is 34.9 Å². The summed E-state index contributed by atoms with van der Waals surface area (Å²) in [5.74, 6) is -2.92. The van der Waals surface area contributed by atoms with Crippen molar-refractivity contribution in [2.45, 2.75) is 124 Å². The molecule has 8 heteroatoms. The van der Waals surface area contributed by atoms with Crippen molar-refractivity contribution in [1.29, 1.82) is 0 Å². The number of rotatable bonds is 10. The number of ketones is 1. The largest absolute Gasteiger partial charge is 0.459 e. The summed E-state index contributed by atoms with van der Waals surface area (Å²) >= 11 is 0. The summed E-state index contributed by atoms with van der Waals surface area (Å²) in [7, 11) is 0. The van der Waals surface area contributed by atoms with Gasteiger partial charge in [0.15, 0.2) is 17.5 Å². The highest BCUT2D eigenvalue weighted by Crippen LogP contribution is 2.64. The molecule has 3 rings (SSSR count). The van der Waals surface area contributed by atoms with Crippen molar-refractivity contribution in [3.63, 3.8) is 0 Å². The Balaban J connectivity index is 2.13. The summed E-state index contributed by atoms with van der Waals surface area (Å²) in [6, 6.07) is 0. The van der Waals surface area contributed by atoms with Gasteiger partial charge in [0.2, 0.25) is 0 Å². The molecular formula is C33H50O8. The van der Waals surface area contributed by atoms with Gasteiger partial charge in [-0.2, -0.15) is 0 Å². The second-order valence-corrected chi connectivity index (χ2v) is 13.2. The van der Waals surface area contributed by atoms with Gasteiger partial charge in [-0.3, -0.25) is 9.59 Å². The number of carbonyl (C=O) groups excluding carboxylic acids is 3. The van der Waals surface area contributed by atoms with E-state index in [1.807, 2.05) is 20.8 Å². The zero-order valence-corrected chi connectivity index (χ0v) is 26.1. The molecule has 41 heavy (non-hydrogen) atoms. The molecule has 0 aromatic heterocycles. The van der Waals surface area contributed by atoms with Gasteiger partial charge in [0.25, 0.3) is 0 Å². The average Bonchev–Trinajstić information content (AvgIpc) is 3.08. The molecule has 0 heterocycles. The number of fused-ring (bicyclic) bond motifs is 1. The van der Waals surface area contributed by atoms with Crippen LogP contribution < -0.4 is 0 Å². The molecule has 1 saturated carbocycles. The van der Waals surface area contributed by atoms with E-state index in [0.717, 1.165) is 32.1 Å².